The second-order valence-corrected chi connectivity index (χ2v) is 4.94. The van der Waals surface area contributed by atoms with Crippen LogP contribution in [-0.2, 0) is 0 Å². The zero-order valence-corrected chi connectivity index (χ0v) is 13.7. The van der Waals surface area contributed by atoms with Crippen molar-refractivity contribution in [2.24, 2.45) is 0 Å². The number of hydrogen-bond acceptors (Lipinski definition) is 1. The van der Waals surface area contributed by atoms with Crippen LogP contribution in [0.3, 0.4) is 0 Å². The fourth-order valence-electron chi connectivity index (χ4n) is 2.41. The first kappa shape index (κ1) is 16.5. The largest absolute Gasteiger partial charge is 0.292 e. The fourth-order valence-corrected chi connectivity index (χ4v) is 2.41. The van der Waals surface area contributed by atoms with Crippen LogP contribution in [0.15, 0.2) is 86.0 Å². The summed E-state index contributed by atoms with van der Waals surface area (Å²) in [5, 5.41) is 0. The number of rotatable bonds is 6. The Balaban J connectivity index is 2.83. The summed E-state index contributed by atoms with van der Waals surface area (Å²) in [6.45, 7) is 11.8. The molecule has 1 aromatic carbocycles. The maximum Gasteiger partial charge on any atom is 0.145 e. The van der Waals surface area contributed by atoms with Gasteiger partial charge in [0.15, 0.2) is 0 Å². The lowest BCUT2D eigenvalue weighted by atomic mass is 10.2. The fraction of sp³-hybridized carbons (Fsp3) is 0.0952. The zero-order chi connectivity index (χ0) is 16.7. The molecule has 0 saturated carbocycles. The first-order valence-corrected chi connectivity index (χ1v) is 7.65. The molecule has 0 N–H and O–H groups in total. The van der Waals surface area contributed by atoms with Gasteiger partial charge in [-0.05, 0) is 38.1 Å². The van der Waals surface area contributed by atoms with Crippen molar-refractivity contribution in [2.45, 2.75) is 13.8 Å². The minimum atomic E-state index is 0.866. The Morgan fingerprint density at radius 2 is 1.87 bits per heavy atom. The smallest absolute Gasteiger partial charge is 0.145 e. The number of aromatic nitrogens is 2. The lowest BCUT2D eigenvalue weighted by Gasteiger charge is -2.10. The molecule has 116 valence electrons. The molecule has 1 aromatic heterocycles. The summed E-state index contributed by atoms with van der Waals surface area (Å²) in [6, 6.07) is 8.11. The predicted octanol–water partition coefficient (Wildman–Crippen LogP) is 5.78. The maximum atomic E-state index is 4.80. The van der Waals surface area contributed by atoms with Crippen LogP contribution in [0, 0.1) is 0 Å². The van der Waals surface area contributed by atoms with Crippen molar-refractivity contribution in [2.75, 3.05) is 0 Å². The van der Waals surface area contributed by atoms with Crippen molar-refractivity contribution < 1.29 is 0 Å². The van der Waals surface area contributed by atoms with E-state index < -0.39 is 0 Å². The molecule has 0 aliphatic heterocycles. The predicted molar refractivity (Wildman–Crippen MR) is 102 cm³/mol. The summed E-state index contributed by atoms with van der Waals surface area (Å²) in [5.41, 5.74) is 4.00. The molecule has 2 aromatic rings. The molecule has 23 heavy (non-hydrogen) atoms. The van der Waals surface area contributed by atoms with E-state index in [1.807, 2.05) is 68.5 Å². The topological polar surface area (TPSA) is 17.8 Å². The highest BCUT2D eigenvalue weighted by molar-refractivity contribution is 5.87. The van der Waals surface area contributed by atoms with Crippen LogP contribution < -0.4 is 0 Å². The van der Waals surface area contributed by atoms with Crippen LogP contribution in [-0.4, -0.2) is 9.55 Å². The number of fused-ring (bicyclic) bond motifs is 1. The Hall–Kier alpha value is -2.87. The van der Waals surface area contributed by atoms with Gasteiger partial charge in [-0.25, -0.2) is 4.98 Å². The van der Waals surface area contributed by atoms with Crippen molar-refractivity contribution >= 4 is 22.3 Å². The third-order valence-electron chi connectivity index (χ3n) is 3.39. The van der Waals surface area contributed by atoms with Crippen molar-refractivity contribution in [3.63, 3.8) is 0 Å². The molecule has 2 nitrogen and oxygen atoms in total. The molecule has 2 rings (SSSR count). The van der Waals surface area contributed by atoms with E-state index in [1.54, 1.807) is 6.08 Å². The van der Waals surface area contributed by atoms with Gasteiger partial charge in [0.25, 0.3) is 0 Å². The molecule has 0 radical (unpaired) electrons. The number of para-hydroxylation sites is 2. The van der Waals surface area contributed by atoms with Gasteiger partial charge in [-0.3, -0.25) is 4.57 Å². The highest BCUT2D eigenvalue weighted by Gasteiger charge is 2.14. The quantitative estimate of drug-likeness (QED) is 0.618. The summed E-state index contributed by atoms with van der Waals surface area (Å²) in [5.74, 6) is 0.866. The second kappa shape index (κ2) is 7.95. The van der Waals surface area contributed by atoms with Crippen LogP contribution in [0.2, 0.25) is 0 Å². The van der Waals surface area contributed by atoms with E-state index in [2.05, 4.69) is 29.9 Å². The van der Waals surface area contributed by atoms with E-state index in [0.29, 0.717) is 0 Å². The molecule has 0 atom stereocenters. The van der Waals surface area contributed by atoms with Gasteiger partial charge in [0, 0.05) is 11.3 Å². The van der Waals surface area contributed by atoms with Crippen molar-refractivity contribution in [1.29, 1.82) is 0 Å². The number of benzene rings is 1. The van der Waals surface area contributed by atoms with Crippen LogP contribution in [0.1, 0.15) is 19.7 Å². The lowest BCUT2D eigenvalue weighted by Crippen LogP contribution is -2.00. The first-order chi connectivity index (χ1) is 11.3. The number of allylic oxidation sites excluding steroid dienone is 10. The van der Waals surface area contributed by atoms with Gasteiger partial charge < -0.3 is 0 Å². The normalized spacial score (nSPS) is 13.3. The van der Waals surface area contributed by atoms with Gasteiger partial charge in [0.2, 0.25) is 0 Å². The van der Waals surface area contributed by atoms with Crippen molar-refractivity contribution in [1.82, 2.24) is 9.55 Å². The molecule has 0 amide bonds. The third kappa shape index (κ3) is 3.49. The Bertz CT molecular complexity index is 827. The monoisotopic (exact) mass is 302 g/mol. The molecule has 1 heterocycles. The standard InChI is InChI=1S/C21H22N2/c1-5-9-14-17(8-4)21-22-19-15-10-11-16-20(19)23(21)18(12-6-2)13-7-3/h5-16H,2,4H2,1,3H3/b9-5-,13-7-,17-14+,18-12+. The maximum absolute atomic E-state index is 4.80. The molecule has 0 bridgehead atoms. The summed E-state index contributed by atoms with van der Waals surface area (Å²) >= 11 is 0. The molecule has 0 unspecified atom stereocenters. The summed E-state index contributed by atoms with van der Waals surface area (Å²) in [7, 11) is 0. The molecule has 0 saturated heterocycles. The van der Waals surface area contributed by atoms with E-state index in [-0.39, 0.29) is 0 Å². The Labute approximate surface area is 138 Å². The molecule has 0 aliphatic carbocycles. The highest BCUT2D eigenvalue weighted by atomic mass is 15.1. The average Bonchev–Trinajstić information content (AvgIpc) is 2.94. The molecule has 2 heteroatoms. The Morgan fingerprint density at radius 1 is 1.09 bits per heavy atom. The Morgan fingerprint density at radius 3 is 2.52 bits per heavy atom. The highest BCUT2D eigenvalue weighted by Crippen LogP contribution is 2.26. The SMILES string of the molecule is C=C/C=C(\C=C/C)n1c(/C(C=C)=C/C=C\C)nc2ccccc21. The van der Waals surface area contributed by atoms with E-state index in [4.69, 9.17) is 4.98 Å². The molecule has 0 fully saturated rings. The van der Waals surface area contributed by atoms with Crippen LogP contribution in [0.5, 0.6) is 0 Å². The van der Waals surface area contributed by atoms with E-state index in [1.165, 1.54) is 0 Å². The molecular formula is C21H22N2. The van der Waals surface area contributed by atoms with Gasteiger partial charge in [-0.15, -0.1) is 0 Å². The number of imidazole rings is 1. The van der Waals surface area contributed by atoms with Gasteiger partial charge in [0.1, 0.15) is 5.82 Å². The van der Waals surface area contributed by atoms with Crippen molar-refractivity contribution in [3.8, 4) is 0 Å². The molecule has 0 spiro atoms. The average molecular weight is 302 g/mol. The minimum absolute atomic E-state index is 0.866. The van der Waals surface area contributed by atoms with Crippen LogP contribution in [0.4, 0.5) is 0 Å². The third-order valence-corrected chi connectivity index (χ3v) is 3.39. The van der Waals surface area contributed by atoms with Gasteiger partial charge in [-0.1, -0.05) is 61.7 Å². The summed E-state index contributed by atoms with van der Waals surface area (Å²) in [6.07, 6.45) is 15.7. The van der Waals surface area contributed by atoms with Crippen LogP contribution >= 0.6 is 0 Å². The van der Waals surface area contributed by atoms with Gasteiger partial charge >= 0.3 is 0 Å². The van der Waals surface area contributed by atoms with Gasteiger partial charge in [0.05, 0.1) is 11.0 Å². The summed E-state index contributed by atoms with van der Waals surface area (Å²) in [4.78, 5) is 4.80. The zero-order valence-electron chi connectivity index (χ0n) is 13.7. The van der Waals surface area contributed by atoms with E-state index in [0.717, 1.165) is 28.1 Å². The van der Waals surface area contributed by atoms with E-state index in [9.17, 15) is 0 Å². The molecular weight excluding hydrogens is 280 g/mol. The minimum Gasteiger partial charge on any atom is -0.292 e. The lowest BCUT2D eigenvalue weighted by molar-refractivity contribution is 1.09. The van der Waals surface area contributed by atoms with Crippen LogP contribution in [0.25, 0.3) is 22.3 Å². The van der Waals surface area contributed by atoms with Gasteiger partial charge in [-0.2, -0.15) is 0 Å². The Kier molecular flexibility index (Phi) is 5.70. The number of nitrogens with zero attached hydrogens (tertiary/aromatic N) is 2. The molecule has 0 aliphatic rings. The van der Waals surface area contributed by atoms with E-state index >= 15 is 0 Å². The first-order valence-electron chi connectivity index (χ1n) is 7.65. The second-order valence-electron chi connectivity index (χ2n) is 4.94. The number of hydrogen-bond donors (Lipinski definition) is 0. The van der Waals surface area contributed by atoms with Crippen molar-refractivity contribution in [3.05, 3.63) is 91.9 Å². The summed E-state index contributed by atoms with van der Waals surface area (Å²) < 4.78 is 2.13.